The molecule has 1 heterocycles. The smallest absolute Gasteiger partial charge is 0.350 e. The molecule has 2 aromatic carbocycles. The van der Waals surface area contributed by atoms with Gasteiger partial charge in [-0.1, -0.05) is 43.3 Å². The zero-order chi connectivity index (χ0) is 28.3. The highest BCUT2D eigenvalue weighted by molar-refractivity contribution is 7.89. The van der Waals surface area contributed by atoms with Gasteiger partial charge >= 0.3 is 6.18 Å². The number of rotatable bonds is 10. The summed E-state index contributed by atoms with van der Waals surface area (Å²) in [5.74, 6) is -1.11. The van der Waals surface area contributed by atoms with Crippen LogP contribution in [0.2, 0.25) is 0 Å². The van der Waals surface area contributed by atoms with Crippen LogP contribution in [0.5, 0.6) is 0 Å². The van der Waals surface area contributed by atoms with Gasteiger partial charge in [0.15, 0.2) is 0 Å². The molecule has 206 valence electrons. The molecule has 0 radical (unpaired) electrons. The molecule has 1 aliphatic rings. The maximum atomic E-state index is 13.2. The molecular weight excluding hydrogens is 534 g/mol. The fourth-order valence-corrected chi connectivity index (χ4v) is 6.07. The third-order valence-electron chi connectivity index (χ3n) is 6.52. The lowest BCUT2D eigenvalue weighted by molar-refractivity contribution is -0.137. The predicted molar refractivity (Wildman–Crippen MR) is 140 cm³/mol. The third-order valence-corrected chi connectivity index (χ3v) is 8.41. The van der Waals surface area contributed by atoms with Crippen molar-refractivity contribution in [2.75, 3.05) is 12.3 Å². The van der Waals surface area contributed by atoms with Gasteiger partial charge in [-0.25, -0.2) is 12.8 Å². The van der Waals surface area contributed by atoms with Crippen LogP contribution in [0, 0.1) is 5.82 Å². The second kappa shape index (κ2) is 11.3. The maximum Gasteiger partial charge on any atom is 0.416 e. The Morgan fingerprint density at radius 1 is 1.08 bits per heavy atom. The van der Waals surface area contributed by atoms with E-state index >= 15 is 0 Å². The molecule has 1 fully saturated rings. The van der Waals surface area contributed by atoms with Crippen molar-refractivity contribution in [2.45, 2.75) is 38.0 Å². The Kier molecular flexibility index (Phi) is 8.22. The molecule has 1 saturated carbocycles. The van der Waals surface area contributed by atoms with Gasteiger partial charge in [-0.2, -0.15) is 17.5 Å². The standard InChI is InChI=1S/C28H27F4N3O3S/c1-2-35(39(37,38)17-3-4-20-5-11-24(29)12-6-20)27(14-15-27)26(36)34-19-21-13-16-33-25(18-21)22-7-9-23(10-8-22)28(30,31)32/h3-13,16,18H,2,14-15,17,19H2,1H3,(H,34,36). The molecule has 6 nitrogen and oxygen atoms in total. The zero-order valence-electron chi connectivity index (χ0n) is 21.1. The topological polar surface area (TPSA) is 79.4 Å². The van der Waals surface area contributed by atoms with Crippen molar-refractivity contribution in [2.24, 2.45) is 0 Å². The summed E-state index contributed by atoms with van der Waals surface area (Å²) < 4.78 is 79.1. The lowest BCUT2D eigenvalue weighted by Gasteiger charge is -2.28. The molecule has 11 heteroatoms. The van der Waals surface area contributed by atoms with Crippen molar-refractivity contribution >= 4 is 22.0 Å². The molecule has 0 aliphatic heterocycles. The summed E-state index contributed by atoms with van der Waals surface area (Å²) >= 11 is 0. The van der Waals surface area contributed by atoms with Crippen LogP contribution < -0.4 is 5.32 Å². The van der Waals surface area contributed by atoms with Crippen LogP contribution in [0.25, 0.3) is 17.3 Å². The first-order valence-corrected chi connectivity index (χ1v) is 13.9. The van der Waals surface area contributed by atoms with Crippen LogP contribution in [-0.2, 0) is 27.5 Å². The number of pyridine rings is 1. The monoisotopic (exact) mass is 561 g/mol. The number of sulfonamides is 1. The zero-order valence-corrected chi connectivity index (χ0v) is 21.9. The number of nitrogens with one attached hydrogen (secondary N) is 1. The van der Waals surface area contributed by atoms with Gasteiger partial charge in [-0.15, -0.1) is 0 Å². The highest BCUT2D eigenvalue weighted by Gasteiger charge is 2.57. The van der Waals surface area contributed by atoms with Gasteiger partial charge in [0, 0.05) is 24.8 Å². The maximum absolute atomic E-state index is 13.2. The number of halogens is 4. The fraction of sp³-hybridized carbons (Fsp3) is 0.286. The van der Waals surface area contributed by atoms with E-state index < -0.39 is 33.2 Å². The summed E-state index contributed by atoms with van der Waals surface area (Å²) in [4.78, 5) is 17.4. The van der Waals surface area contributed by atoms with Crippen molar-refractivity contribution < 1.29 is 30.8 Å². The number of alkyl halides is 3. The first kappa shape index (κ1) is 28.4. The minimum atomic E-state index is -4.43. The Hall–Kier alpha value is -3.57. The van der Waals surface area contributed by atoms with Gasteiger partial charge < -0.3 is 5.32 Å². The summed E-state index contributed by atoms with van der Waals surface area (Å²) in [6.45, 7) is 1.89. The van der Waals surface area contributed by atoms with Crippen molar-refractivity contribution in [1.82, 2.24) is 14.6 Å². The number of hydrogen-bond acceptors (Lipinski definition) is 4. The minimum Gasteiger partial charge on any atom is -0.350 e. The Morgan fingerprint density at radius 2 is 1.74 bits per heavy atom. The van der Waals surface area contributed by atoms with E-state index in [1.54, 1.807) is 25.1 Å². The van der Waals surface area contributed by atoms with E-state index in [9.17, 15) is 30.8 Å². The van der Waals surface area contributed by atoms with E-state index in [2.05, 4.69) is 10.3 Å². The second-order valence-corrected chi connectivity index (χ2v) is 11.2. The highest BCUT2D eigenvalue weighted by atomic mass is 32.2. The van der Waals surface area contributed by atoms with Crippen LogP contribution in [0.4, 0.5) is 17.6 Å². The summed E-state index contributed by atoms with van der Waals surface area (Å²) in [7, 11) is -3.81. The average molecular weight is 562 g/mol. The molecule has 1 aliphatic carbocycles. The van der Waals surface area contributed by atoms with Gasteiger partial charge in [0.1, 0.15) is 11.4 Å². The van der Waals surface area contributed by atoms with Crippen molar-refractivity contribution in [3.05, 3.63) is 95.4 Å². The number of benzene rings is 2. The Morgan fingerprint density at radius 3 is 2.33 bits per heavy atom. The molecule has 0 unspecified atom stereocenters. The van der Waals surface area contributed by atoms with Crippen LogP contribution in [0.1, 0.15) is 36.5 Å². The summed E-state index contributed by atoms with van der Waals surface area (Å²) in [5, 5.41) is 2.81. The van der Waals surface area contributed by atoms with E-state index in [4.69, 9.17) is 0 Å². The molecule has 3 aromatic rings. The van der Waals surface area contributed by atoms with E-state index in [0.717, 1.165) is 12.1 Å². The minimum absolute atomic E-state index is 0.0960. The second-order valence-electron chi connectivity index (χ2n) is 9.24. The lowest BCUT2D eigenvalue weighted by Crippen LogP contribution is -2.52. The molecular formula is C28H27F4N3O3S. The van der Waals surface area contributed by atoms with Crippen molar-refractivity contribution in [3.8, 4) is 11.3 Å². The molecule has 0 bridgehead atoms. The van der Waals surface area contributed by atoms with Crippen molar-refractivity contribution in [3.63, 3.8) is 0 Å². The van der Waals surface area contributed by atoms with Gasteiger partial charge in [0.25, 0.3) is 0 Å². The fourth-order valence-electron chi connectivity index (χ4n) is 4.36. The normalized spacial score (nSPS) is 15.0. The first-order valence-electron chi connectivity index (χ1n) is 12.3. The van der Waals surface area contributed by atoms with E-state index in [-0.39, 0.29) is 24.7 Å². The number of aromatic nitrogens is 1. The average Bonchev–Trinajstić information content (AvgIpc) is 3.70. The van der Waals surface area contributed by atoms with Crippen LogP contribution in [-0.4, -0.2) is 41.5 Å². The van der Waals surface area contributed by atoms with E-state index in [1.807, 2.05) is 0 Å². The van der Waals surface area contributed by atoms with Gasteiger partial charge in [-0.05, 0) is 60.4 Å². The van der Waals surface area contributed by atoms with Gasteiger partial charge in [-0.3, -0.25) is 9.78 Å². The summed E-state index contributed by atoms with van der Waals surface area (Å²) in [6.07, 6.45) is 0.899. The largest absolute Gasteiger partial charge is 0.416 e. The molecule has 1 N–H and O–H groups in total. The Bertz CT molecular complexity index is 1450. The molecule has 39 heavy (non-hydrogen) atoms. The predicted octanol–water partition coefficient (Wildman–Crippen LogP) is 5.42. The number of likely N-dealkylation sites (N-methyl/N-ethyl adjacent to an activating group) is 1. The third kappa shape index (κ3) is 6.72. The van der Waals surface area contributed by atoms with Crippen LogP contribution in [0.3, 0.4) is 0 Å². The number of amides is 1. The molecule has 0 spiro atoms. The Balaban J connectivity index is 1.41. The quantitative estimate of drug-likeness (QED) is 0.336. The van der Waals surface area contributed by atoms with Crippen LogP contribution >= 0.6 is 0 Å². The van der Waals surface area contributed by atoms with Gasteiger partial charge in [0.05, 0.1) is 17.0 Å². The number of hydrogen-bond donors (Lipinski definition) is 1. The SMILES string of the molecule is CCN(C1(C(=O)NCc2ccnc(-c3ccc(C(F)(F)F)cc3)c2)CC1)S(=O)(=O)CC=Cc1ccc(F)cc1. The molecule has 1 aromatic heterocycles. The molecule has 0 atom stereocenters. The van der Waals surface area contributed by atoms with Crippen molar-refractivity contribution in [1.29, 1.82) is 0 Å². The number of carbonyl (C=O) groups excluding carboxylic acids is 1. The number of nitrogens with zero attached hydrogens (tertiary/aromatic N) is 2. The number of carbonyl (C=O) groups is 1. The first-order chi connectivity index (χ1) is 18.4. The highest BCUT2D eigenvalue weighted by Crippen LogP contribution is 2.43. The van der Waals surface area contributed by atoms with E-state index in [1.165, 1.54) is 53.0 Å². The Labute approximate surface area is 224 Å². The molecule has 4 rings (SSSR count). The van der Waals surface area contributed by atoms with E-state index in [0.29, 0.717) is 35.2 Å². The van der Waals surface area contributed by atoms with Crippen LogP contribution in [0.15, 0.2) is 72.9 Å². The molecule has 0 saturated heterocycles. The van der Waals surface area contributed by atoms with Gasteiger partial charge in [0.2, 0.25) is 15.9 Å². The molecule has 1 amide bonds. The summed E-state index contributed by atoms with van der Waals surface area (Å²) in [6, 6.07) is 13.6. The lowest BCUT2D eigenvalue weighted by atomic mass is 10.1. The summed E-state index contributed by atoms with van der Waals surface area (Å²) in [5.41, 5.74) is 0.333.